The van der Waals surface area contributed by atoms with E-state index in [1.54, 1.807) is 0 Å². The summed E-state index contributed by atoms with van der Waals surface area (Å²) in [5.41, 5.74) is 7.97. The lowest BCUT2D eigenvalue weighted by Gasteiger charge is -2.10. The number of carbonyl (C=O) groups excluding carboxylic acids is 2. The van der Waals surface area contributed by atoms with Crippen LogP contribution in [0.4, 0.5) is 0 Å². The zero-order valence-corrected chi connectivity index (χ0v) is 14.0. The van der Waals surface area contributed by atoms with E-state index < -0.39 is 5.91 Å². The van der Waals surface area contributed by atoms with Crippen LogP contribution >= 0.6 is 0 Å². The van der Waals surface area contributed by atoms with E-state index in [1.165, 1.54) is 0 Å². The van der Waals surface area contributed by atoms with Gasteiger partial charge >= 0.3 is 0 Å². The first-order valence-electron chi connectivity index (χ1n) is 7.85. The normalized spacial score (nSPS) is 10.1. The summed E-state index contributed by atoms with van der Waals surface area (Å²) in [7, 11) is 0. The van der Waals surface area contributed by atoms with Crippen LogP contribution in [-0.4, -0.2) is 18.4 Å². The van der Waals surface area contributed by atoms with Gasteiger partial charge in [0.15, 0.2) is 6.61 Å². The van der Waals surface area contributed by atoms with Gasteiger partial charge in [0.25, 0.3) is 5.91 Å². The van der Waals surface area contributed by atoms with E-state index in [0.29, 0.717) is 18.6 Å². The van der Waals surface area contributed by atoms with Crippen LogP contribution in [-0.2, 0) is 16.0 Å². The minimum absolute atomic E-state index is 0.151. The monoisotopic (exact) mass is 326 g/mol. The number of nitrogens with one attached hydrogen (secondary N) is 2. The van der Waals surface area contributed by atoms with Gasteiger partial charge in [-0.05, 0) is 49.1 Å². The number of benzene rings is 2. The highest BCUT2D eigenvalue weighted by Gasteiger charge is 2.06. The second-order valence-electron chi connectivity index (χ2n) is 5.69. The SMILES string of the molecule is Cc1cc(C)cc(OCC(=O)NNC(=O)CCc2ccccc2)c1. The fraction of sp³-hybridized carbons (Fsp3) is 0.263. The molecule has 2 aromatic carbocycles. The zero-order chi connectivity index (χ0) is 17.4. The van der Waals surface area contributed by atoms with E-state index in [1.807, 2.05) is 62.4 Å². The van der Waals surface area contributed by atoms with Crippen molar-refractivity contribution in [3.05, 3.63) is 65.2 Å². The van der Waals surface area contributed by atoms with E-state index in [2.05, 4.69) is 10.9 Å². The van der Waals surface area contributed by atoms with E-state index in [0.717, 1.165) is 16.7 Å². The van der Waals surface area contributed by atoms with Crippen LogP contribution in [0.2, 0.25) is 0 Å². The molecule has 0 atom stereocenters. The second kappa shape index (κ2) is 8.72. The maximum atomic E-state index is 11.7. The molecule has 0 saturated heterocycles. The quantitative estimate of drug-likeness (QED) is 0.801. The number of hydrogen-bond donors (Lipinski definition) is 2. The third kappa shape index (κ3) is 6.12. The fourth-order valence-corrected chi connectivity index (χ4v) is 2.31. The predicted molar refractivity (Wildman–Crippen MR) is 92.5 cm³/mol. The highest BCUT2D eigenvalue weighted by atomic mass is 16.5. The van der Waals surface area contributed by atoms with Gasteiger partial charge in [-0.15, -0.1) is 0 Å². The van der Waals surface area contributed by atoms with E-state index >= 15 is 0 Å². The number of amides is 2. The van der Waals surface area contributed by atoms with Gasteiger partial charge in [-0.1, -0.05) is 36.4 Å². The predicted octanol–water partition coefficient (Wildman–Crippen LogP) is 2.46. The van der Waals surface area contributed by atoms with Crippen LogP contribution in [0.1, 0.15) is 23.1 Å². The molecule has 2 amide bonds. The molecular weight excluding hydrogens is 304 g/mol. The first-order chi connectivity index (χ1) is 11.5. The van der Waals surface area contributed by atoms with Gasteiger partial charge in [0, 0.05) is 6.42 Å². The molecule has 0 heterocycles. The molecule has 0 saturated carbocycles. The van der Waals surface area contributed by atoms with Crippen molar-refractivity contribution in [3.63, 3.8) is 0 Å². The molecule has 0 radical (unpaired) electrons. The van der Waals surface area contributed by atoms with Crippen LogP contribution in [0.15, 0.2) is 48.5 Å². The van der Waals surface area contributed by atoms with Crippen molar-refractivity contribution in [1.82, 2.24) is 10.9 Å². The van der Waals surface area contributed by atoms with Gasteiger partial charge < -0.3 is 4.74 Å². The Kier molecular flexibility index (Phi) is 6.37. The standard InChI is InChI=1S/C19H22N2O3/c1-14-10-15(2)12-17(11-14)24-13-19(23)21-20-18(22)9-8-16-6-4-3-5-7-16/h3-7,10-12H,8-9,13H2,1-2H3,(H,20,22)(H,21,23). The lowest BCUT2D eigenvalue weighted by molar-refractivity contribution is -0.130. The highest BCUT2D eigenvalue weighted by Crippen LogP contribution is 2.15. The first-order valence-corrected chi connectivity index (χ1v) is 7.85. The summed E-state index contributed by atoms with van der Waals surface area (Å²) < 4.78 is 5.43. The minimum atomic E-state index is -0.401. The summed E-state index contributed by atoms with van der Waals surface area (Å²) in [5, 5.41) is 0. The Morgan fingerprint density at radius 3 is 2.21 bits per heavy atom. The Hall–Kier alpha value is -2.82. The van der Waals surface area contributed by atoms with Gasteiger partial charge in [0.2, 0.25) is 5.91 Å². The number of aryl methyl sites for hydroxylation is 3. The third-order valence-electron chi connectivity index (χ3n) is 3.39. The molecular formula is C19H22N2O3. The summed E-state index contributed by atoms with van der Waals surface area (Å²) >= 11 is 0. The average Bonchev–Trinajstić information content (AvgIpc) is 2.56. The average molecular weight is 326 g/mol. The molecule has 5 heteroatoms. The number of carbonyl (C=O) groups is 2. The Labute approximate surface area is 142 Å². The lowest BCUT2D eigenvalue weighted by Crippen LogP contribution is -2.43. The molecule has 5 nitrogen and oxygen atoms in total. The smallest absolute Gasteiger partial charge is 0.276 e. The molecule has 0 aromatic heterocycles. The maximum Gasteiger partial charge on any atom is 0.276 e. The number of hydrazine groups is 1. The van der Waals surface area contributed by atoms with Gasteiger partial charge in [0.05, 0.1) is 0 Å². The van der Waals surface area contributed by atoms with Crippen molar-refractivity contribution < 1.29 is 14.3 Å². The number of hydrogen-bond acceptors (Lipinski definition) is 3. The van der Waals surface area contributed by atoms with E-state index in [9.17, 15) is 9.59 Å². The molecule has 24 heavy (non-hydrogen) atoms. The molecule has 0 bridgehead atoms. The Morgan fingerprint density at radius 2 is 1.54 bits per heavy atom. The summed E-state index contributed by atoms with van der Waals surface area (Å²) in [6.45, 7) is 3.78. The van der Waals surface area contributed by atoms with Gasteiger partial charge in [-0.2, -0.15) is 0 Å². The summed E-state index contributed by atoms with van der Waals surface area (Å²) in [4.78, 5) is 23.4. The van der Waals surface area contributed by atoms with E-state index in [4.69, 9.17) is 4.74 Å². The molecule has 126 valence electrons. The molecule has 2 N–H and O–H groups in total. The van der Waals surface area contributed by atoms with Crippen molar-refractivity contribution >= 4 is 11.8 Å². The molecule has 0 unspecified atom stereocenters. The van der Waals surface area contributed by atoms with Crippen molar-refractivity contribution in [3.8, 4) is 5.75 Å². The van der Waals surface area contributed by atoms with Gasteiger partial charge in [-0.3, -0.25) is 20.4 Å². The largest absolute Gasteiger partial charge is 0.484 e. The van der Waals surface area contributed by atoms with Crippen LogP contribution in [0.5, 0.6) is 5.75 Å². The van der Waals surface area contributed by atoms with Crippen molar-refractivity contribution in [2.45, 2.75) is 26.7 Å². The zero-order valence-electron chi connectivity index (χ0n) is 14.0. The molecule has 0 aliphatic rings. The highest BCUT2D eigenvalue weighted by molar-refractivity contribution is 5.82. The van der Waals surface area contributed by atoms with Crippen LogP contribution < -0.4 is 15.6 Å². The van der Waals surface area contributed by atoms with Gasteiger partial charge in [0.1, 0.15) is 5.75 Å². The summed E-state index contributed by atoms with van der Waals surface area (Å²) in [5.74, 6) is -0.00104. The Bertz CT molecular complexity index is 679. The van der Waals surface area contributed by atoms with Crippen molar-refractivity contribution in [2.75, 3.05) is 6.61 Å². The molecule has 0 aliphatic carbocycles. The third-order valence-corrected chi connectivity index (χ3v) is 3.39. The maximum absolute atomic E-state index is 11.7. The summed E-state index contributed by atoms with van der Waals surface area (Å²) in [6.07, 6.45) is 0.934. The minimum Gasteiger partial charge on any atom is -0.484 e. The summed E-state index contributed by atoms with van der Waals surface area (Å²) in [6, 6.07) is 15.5. The molecule has 0 aliphatic heterocycles. The second-order valence-corrected chi connectivity index (χ2v) is 5.69. The topological polar surface area (TPSA) is 67.4 Å². The lowest BCUT2D eigenvalue weighted by atomic mass is 10.1. The van der Waals surface area contributed by atoms with Crippen LogP contribution in [0, 0.1) is 13.8 Å². The Morgan fingerprint density at radius 1 is 0.917 bits per heavy atom. The molecule has 2 aromatic rings. The van der Waals surface area contributed by atoms with E-state index in [-0.39, 0.29) is 12.5 Å². The molecule has 2 rings (SSSR count). The number of rotatable bonds is 6. The number of ether oxygens (including phenoxy) is 1. The Balaban J connectivity index is 1.68. The molecule has 0 fully saturated rings. The van der Waals surface area contributed by atoms with Crippen molar-refractivity contribution in [1.29, 1.82) is 0 Å². The van der Waals surface area contributed by atoms with Crippen molar-refractivity contribution in [2.24, 2.45) is 0 Å². The van der Waals surface area contributed by atoms with Crippen LogP contribution in [0.3, 0.4) is 0 Å². The fourth-order valence-electron chi connectivity index (χ4n) is 2.31. The van der Waals surface area contributed by atoms with Gasteiger partial charge in [-0.25, -0.2) is 0 Å². The van der Waals surface area contributed by atoms with Crippen LogP contribution in [0.25, 0.3) is 0 Å². The first kappa shape index (κ1) is 17.5. The molecule has 0 spiro atoms.